The molecule has 1 aromatic carbocycles. The molecular formula is C21H32N2O3. The van der Waals surface area contributed by atoms with Gasteiger partial charge in [-0.05, 0) is 31.2 Å². The Balaban J connectivity index is 1.43. The van der Waals surface area contributed by atoms with Crippen LogP contribution in [0.25, 0.3) is 0 Å². The Bertz CT molecular complexity index is 580. The Kier molecular flexibility index (Phi) is 5.79. The molecule has 1 spiro atoms. The lowest BCUT2D eigenvalue weighted by Crippen LogP contribution is -2.52. The van der Waals surface area contributed by atoms with E-state index in [0.717, 1.165) is 71.0 Å². The zero-order chi connectivity index (χ0) is 17.8. The van der Waals surface area contributed by atoms with Gasteiger partial charge in [0.05, 0.1) is 13.2 Å². The van der Waals surface area contributed by atoms with Crippen LogP contribution in [0.3, 0.4) is 0 Å². The number of nitrogens with one attached hydrogen (secondary N) is 1. The summed E-state index contributed by atoms with van der Waals surface area (Å²) in [5.41, 5.74) is 1.29. The third-order valence-electron chi connectivity index (χ3n) is 6.25. The van der Waals surface area contributed by atoms with Crippen molar-refractivity contribution in [2.75, 3.05) is 53.1 Å². The summed E-state index contributed by atoms with van der Waals surface area (Å²) in [6.07, 6.45) is 4.43. The summed E-state index contributed by atoms with van der Waals surface area (Å²) in [5, 5.41) is 3.84. The summed E-state index contributed by atoms with van der Waals surface area (Å²) >= 11 is 0. The molecule has 144 valence electrons. The Morgan fingerprint density at radius 1 is 1.27 bits per heavy atom. The van der Waals surface area contributed by atoms with Crippen LogP contribution in [0, 0.1) is 5.92 Å². The first kappa shape index (κ1) is 18.2. The van der Waals surface area contributed by atoms with Crippen LogP contribution in [0.5, 0.6) is 5.75 Å². The second-order valence-corrected chi connectivity index (χ2v) is 8.05. The molecule has 2 saturated heterocycles. The number of rotatable bonds is 6. The highest BCUT2D eigenvalue weighted by Crippen LogP contribution is 2.44. The topological polar surface area (TPSA) is 43.0 Å². The molecule has 5 heteroatoms. The van der Waals surface area contributed by atoms with Crippen molar-refractivity contribution >= 4 is 0 Å². The van der Waals surface area contributed by atoms with Gasteiger partial charge in [-0.1, -0.05) is 18.2 Å². The second-order valence-electron chi connectivity index (χ2n) is 8.05. The molecule has 3 aliphatic rings. The first-order valence-electron chi connectivity index (χ1n) is 10.1. The molecule has 0 radical (unpaired) electrons. The van der Waals surface area contributed by atoms with Crippen LogP contribution in [0.15, 0.2) is 24.3 Å². The standard InChI is InChI=1S/C21H32N2O3/c1-24-13-11-23-9-7-21(8-10-23)14-19(22-15-17-6-12-25-16-17)18-4-2-3-5-20(18)26-21/h2-5,17,19,22H,6-16H2,1H3/t17-,19-/m1/s1. The van der Waals surface area contributed by atoms with Gasteiger partial charge in [0.25, 0.3) is 0 Å². The van der Waals surface area contributed by atoms with Gasteiger partial charge < -0.3 is 24.4 Å². The number of para-hydroxylation sites is 1. The van der Waals surface area contributed by atoms with E-state index in [2.05, 4.69) is 34.5 Å². The third-order valence-corrected chi connectivity index (χ3v) is 6.25. The molecule has 0 unspecified atom stereocenters. The van der Waals surface area contributed by atoms with E-state index in [-0.39, 0.29) is 5.60 Å². The summed E-state index contributed by atoms with van der Waals surface area (Å²) in [6.45, 7) is 6.87. The molecule has 1 aromatic rings. The van der Waals surface area contributed by atoms with Crippen LogP contribution in [0.2, 0.25) is 0 Å². The Morgan fingerprint density at radius 3 is 2.88 bits per heavy atom. The molecule has 0 saturated carbocycles. The third kappa shape index (κ3) is 4.06. The predicted molar refractivity (Wildman–Crippen MR) is 102 cm³/mol. The van der Waals surface area contributed by atoms with E-state index in [9.17, 15) is 0 Å². The van der Waals surface area contributed by atoms with Crippen molar-refractivity contribution < 1.29 is 14.2 Å². The van der Waals surface area contributed by atoms with E-state index in [0.29, 0.717) is 12.0 Å². The molecule has 2 fully saturated rings. The lowest BCUT2D eigenvalue weighted by molar-refractivity contribution is -0.0291. The molecule has 5 nitrogen and oxygen atoms in total. The quantitative estimate of drug-likeness (QED) is 0.845. The van der Waals surface area contributed by atoms with Crippen LogP contribution in [-0.4, -0.2) is 63.6 Å². The minimum atomic E-state index is -0.0260. The summed E-state index contributed by atoms with van der Waals surface area (Å²) in [5.74, 6) is 1.72. The monoisotopic (exact) mass is 360 g/mol. The summed E-state index contributed by atoms with van der Waals surface area (Å²) in [6, 6.07) is 8.96. The van der Waals surface area contributed by atoms with E-state index >= 15 is 0 Å². The molecule has 4 rings (SSSR count). The van der Waals surface area contributed by atoms with E-state index in [1.807, 2.05) is 0 Å². The highest BCUT2D eigenvalue weighted by Gasteiger charge is 2.43. The first-order chi connectivity index (χ1) is 12.8. The molecule has 0 aromatic heterocycles. The molecular weight excluding hydrogens is 328 g/mol. The lowest BCUT2D eigenvalue weighted by atomic mass is 9.80. The molecule has 0 bridgehead atoms. The van der Waals surface area contributed by atoms with Gasteiger partial charge in [-0.25, -0.2) is 0 Å². The van der Waals surface area contributed by atoms with E-state index in [1.54, 1.807) is 7.11 Å². The fraction of sp³-hybridized carbons (Fsp3) is 0.714. The average molecular weight is 360 g/mol. The van der Waals surface area contributed by atoms with Gasteiger partial charge >= 0.3 is 0 Å². The molecule has 2 atom stereocenters. The molecule has 0 aliphatic carbocycles. The van der Waals surface area contributed by atoms with E-state index in [4.69, 9.17) is 14.2 Å². The first-order valence-corrected chi connectivity index (χ1v) is 10.1. The Morgan fingerprint density at radius 2 is 2.12 bits per heavy atom. The van der Waals surface area contributed by atoms with Crippen molar-refractivity contribution in [3.8, 4) is 5.75 Å². The van der Waals surface area contributed by atoms with Gasteiger partial charge in [0.2, 0.25) is 0 Å². The number of nitrogens with zero attached hydrogens (tertiary/aromatic N) is 1. The molecule has 3 heterocycles. The molecule has 26 heavy (non-hydrogen) atoms. The largest absolute Gasteiger partial charge is 0.487 e. The molecule has 1 N–H and O–H groups in total. The van der Waals surface area contributed by atoms with Crippen molar-refractivity contribution in [2.24, 2.45) is 5.92 Å². The van der Waals surface area contributed by atoms with Gasteiger partial charge in [-0.3, -0.25) is 0 Å². The maximum Gasteiger partial charge on any atom is 0.124 e. The van der Waals surface area contributed by atoms with Crippen LogP contribution in [0.1, 0.15) is 37.3 Å². The SMILES string of the molecule is COCCN1CCC2(CC1)C[C@@H](NC[C@H]1CCOC1)c1ccccc1O2. The van der Waals surface area contributed by atoms with Crippen molar-refractivity contribution in [1.82, 2.24) is 10.2 Å². The van der Waals surface area contributed by atoms with Crippen LogP contribution in [0.4, 0.5) is 0 Å². The summed E-state index contributed by atoms with van der Waals surface area (Å²) in [7, 11) is 1.78. The number of fused-ring (bicyclic) bond motifs is 1. The van der Waals surface area contributed by atoms with E-state index < -0.39 is 0 Å². The zero-order valence-corrected chi connectivity index (χ0v) is 15.9. The zero-order valence-electron chi connectivity index (χ0n) is 15.9. The summed E-state index contributed by atoms with van der Waals surface area (Å²) in [4.78, 5) is 2.50. The Labute approximate surface area is 157 Å². The number of benzene rings is 1. The smallest absolute Gasteiger partial charge is 0.124 e. The van der Waals surface area contributed by atoms with Crippen molar-refractivity contribution in [1.29, 1.82) is 0 Å². The highest BCUT2D eigenvalue weighted by molar-refractivity contribution is 5.39. The minimum absolute atomic E-state index is 0.0260. The van der Waals surface area contributed by atoms with E-state index in [1.165, 1.54) is 12.0 Å². The summed E-state index contributed by atoms with van der Waals surface area (Å²) < 4.78 is 17.4. The number of hydrogen-bond acceptors (Lipinski definition) is 5. The normalized spacial score (nSPS) is 28.0. The number of methoxy groups -OCH3 is 1. The van der Waals surface area contributed by atoms with Crippen LogP contribution < -0.4 is 10.1 Å². The number of piperidine rings is 1. The number of ether oxygens (including phenoxy) is 3. The average Bonchev–Trinajstić information content (AvgIpc) is 3.19. The van der Waals surface area contributed by atoms with Gasteiger partial charge in [0, 0.05) is 57.9 Å². The van der Waals surface area contributed by atoms with Crippen molar-refractivity contribution in [3.05, 3.63) is 29.8 Å². The van der Waals surface area contributed by atoms with Gasteiger partial charge in [0.15, 0.2) is 0 Å². The highest BCUT2D eigenvalue weighted by atomic mass is 16.5. The van der Waals surface area contributed by atoms with Crippen molar-refractivity contribution in [2.45, 2.75) is 37.3 Å². The minimum Gasteiger partial charge on any atom is -0.487 e. The van der Waals surface area contributed by atoms with Crippen LogP contribution in [-0.2, 0) is 9.47 Å². The van der Waals surface area contributed by atoms with Crippen molar-refractivity contribution in [3.63, 3.8) is 0 Å². The predicted octanol–water partition coefficient (Wildman–Crippen LogP) is 2.62. The molecule has 0 amide bonds. The maximum absolute atomic E-state index is 6.59. The fourth-order valence-electron chi connectivity index (χ4n) is 4.56. The van der Waals surface area contributed by atoms with Crippen LogP contribution >= 0.6 is 0 Å². The maximum atomic E-state index is 6.59. The fourth-order valence-corrected chi connectivity index (χ4v) is 4.56. The second kappa shape index (κ2) is 8.26. The number of likely N-dealkylation sites (tertiary alicyclic amines) is 1. The van der Waals surface area contributed by atoms with Gasteiger partial charge in [-0.2, -0.15) is 0 Å². The molecule has 3 aliphatic heterocycles. The van der Waals surface area contributed by atoms with Gasteiger partial charge in [-0.15, -0.1) is 0 Å². The Hall–Kier alpha value is -1.14. The lowest BCUT2D eigenvalue weighted by Gasteiger charge is -2.47. The number of hydrogen-bond donors (Lipinski definition) is 1. The van der Waals surface area contributed by atoms with Gasteiger partial charge in [0.1, 0.15) is 11.4 Å².